The minimum atomic E-state index is -0.866. The van der Waals surface area contributed by atoms with E-state index in [1.54, 1.807) is 0 Å². The van der Waals surface area contributed by atoms with E-state index in [2.05, 4.69) is 9.99 Å². The third-order valence-corrected chi connectivity index (χ3v) is 1.42. The predicted octanol–water partition coefficient (Wildman–Crippen LogP) is -0.201. The Morgan fingerprint density at radius 3 is 2.91 bits per heavy atom. The van der Waals surface area contributed by atoms with Crippen LogP contribution in [0.15, 0.2) is 5.16 Å². The Bertz CT molecular complexity index is 177. The molecule has 0 unspecified atom stereocenters. The molecule has 1 fully saturated rings. The van der Waals surface area contributed by atoms with Crippen molar-refractivity contribution in [1.29, 1.82) is 0 Å². The topological polar surface area (TPSA) is 41.9 Å². The summed E-state index contributed by atoms with van der Waals surface area (Å²) >= 11 is 0. The monoisotopic (exact) mass is 160 g/mol. The summed E-state index contributed by atoms with van der Waals surface area (Å²) in [5.74, 6) is -0.305. The lowest BCUT2D eigenvalue weighted by Gasteiger charge is -2.32. The van der Waals surface area contributed by atoms with E-state index < -0.39 is 6.17 Å². The van der Waals surface area contributed by atoms with Gasteiger partial charge in [-0.15, -0.1) is 0 Å². The maximum atomic E-state index is 12.2. The molecule has 1 heterocycles. The van der Waals surface area contributed by atoms with Crippen LogP contribution in [-0.2, 0) is 9.63 Å². The maximum Gasteiger partial charge on any atom is 0.268 e. The maximum absolute atomic E-state index is 12.2. The van der Waals surface area contributed by atoms with Gasteiger partial charge in [0.05, 0.1) is 13.1 Å². The summed E-state index contributed by atoms with van der Waals surface area (Å²) in [5.41, 5.74) is 0. The molecule has 1 saturated heterocycles. The minimum Gasteiger partial charge on any atom is -0.399 e. The lowest BCUT2D eigenvalue weighted by molar-refractivity contribution is -0.130. The molecule has 1 aliphatic rings. The van der Waals surface area contributed by atoms with Gasteiger partial charge in [-0.2, -0.15) is 0 Å². The molecule has 1 aliphatic heterocycles. The third kappa shape index (κ3) is 1.89. The average molecular weight is 160 g/mol. The molecular formula is C6H9FN2O2. The van der Waals surface area contributed by atoms with E-state index in [0.717, 1.165) is 6.21 Å². The molecule has 0 N–H and O–H groups in total. The Morgan fingerprint density at radius 2 is 2.45 bits per heavy atom. The number of halogens is 1. The number of hydrogen-bond donors (Lipinski definition) is 0. The molecule has 0 spiro atoms. The predicted molar refractivity (Wildman–Crippen MR) is 37.0 cm³/mol. The van der Waals surface area contributed by atoms with Gasteiger partial charge in [0, 0.05) is 0 Å². The number of oxime groups is 1. The van der Waals surface area contributed by atoms with Crippen molar-refractivity contribution in [2.75, 3.05) is 20.2 Å². The third-order valence-electron chi connectivity index (χ3n) is 1.42. The Balaban J connectivity index is 2.26. The zero-order valence-corrected chi connectivity index (χ0v) is 6.16. The summed E-state index contributed by atoms with van der Waals surface area (Å²) in [6.07, 6.45) is 0.168. The summed E-state index contributed by atoms with van der Waals surface area (Å²) in [6.45, 7) is 0.350. The van der Waals surface area contributed by atoms with Gasteiger partial charge in [0.2, 0.25) is 0 Å². The van der Waals surface area contributed by atoms with Crippen molar-refractivity contribution in [3.63, 3.8) is 0 Å². The molecule has 5 heteroatoms. The van der Waals surface area contributed by atoms with Gasteiger partial charge in [0.15, 0.2) is 0 Å². The van der Waals surface area contributed by atoms with Crippen molar-refractivity contribution in [3.8, 4) is 0 Å². The molecule has 0 aromatic rings. The zero-order valence-electron chi connectivity index (χ0n) is 6.16. The number of carbonyl (C=O) groups excluding carboxylic acids is 1. The van der Waals surface area contributed by atoms with E-state index in [1.807, 2.05) is 0 Å². The molecule has 0 bridgehead atoms. The number of amides is 1. The summed E-state index contributed by atoms with van der Waals surface area (Å²) in [5, 5.41) is 3.26. The first-order valence-corrected chi connectivity index (χ1v) is 3.23. The van der Waals surface area contributed by atoms with Crippen molar-refractivity contribution >= 4 is 12.1 Å². The highest BCUT2D eigenvalue weighted by Crippen LogP contribution is 2.09. The van der Waals surface area contributed by atoms with Gasteiger partial charge in [0.25, 0.3) is 5.91 Å². The molecule has 62 valence electrons. The average Bonchev–Trinajstić information content (AvgIpc) is 1.94. The standard InChI is InChI=1S/C6H9FN2O2/c1-11-8-2-6(10)9-3-5(7)4-9/h2,5H,3-4H2,1H3/b8-2-. The van der Waals surface area contributed by atoms with Gasteiger partial charge < -0.3 is 9.74 Å². The van der Waals surface area contributed by atoms with Crippen LogP contribution in [0, 0.1) is 0 Å². The van der Waals surface area contributed by atoms with Crippen LogP contribution in [-0.4, -0.2) is 43.4 Å². The molecule has 11 heavy (non-hydrogen) atoms. The highest BCUT2D eigenvalue weighted by Gasteiger charge is 2.29. The molecule has 0 saturated carbocycles. The first kappa shape index (κ1) is 7.97. The minimum absolute atomic E-state index is 0.175. The lowest BCUT2D eigenvalue weighted by atomic mass is 10.2. The van der Waals surface area contributed by atoms with E-state index in [1.165, 1.54) is 12.0 Å². The quantitative estimate of drug-likeness (QED) is 0.414. The van der Waals surface area contributed by atoms with E-state index >= 15 is 0 Å². The van der Waals surface area contributed by atoms with E-state index in [4.69, 9.17) is 0 Å². The van der Waals surface area contributed by atoms with E-state index in [-0.39, 0.29) is 19.0 Å². The molecule has 4 nitrogen and oxygen atoms in total. The smallest absolute Gasteiger partial charge is 0.268 e. The van der Waals surface area contributed by atoms with Gasteiger partial charge >= 0.3 is 0 Å². The Labute approximate surface area is 63.6 Å². The van der Waals surface area contributed by atoms with Crippen LogP contribution >= 0.6 is 0 Å². The second-order valence-corrected chi connectivity index (χ2v) is 2.26. The summed E-state index contributed by atoms with van der Waals surface area (Å²) < 4.78 is 12.2. The fraction of sp³-hybridized carbons (Fsp3) is 0.667. The van der Waals surface area contributed by atoms with Gasteiger partial charge in [-0.1, -0.05) is 5.16 Å². The Morgan fingerprint density at radius 1 is 1.82 bits per heavy atom. The lowest BCUT2D eigenvalue weighted by Crippen LogP contribution is -2.51. The second-order valence-electron chi connectivity index (χ2n) is 2.26. The fourth-order valence-corrected chi connectivity index (χ4v) is 0.784. The zero-order chi connectivity index (χ0) is 8.27. The van der Waals surface area contributed by atoms with Gasteiger partial charge in [0.1, 0.15) is 19.5 Å². The van der Waals surface area contributed by atoms with Crippen molar-refractivity contribution < 1.29 is 14.0 Å². The van der Waals surface area contributed by atoms with Gasteiger partial charge in [-0.3, -0.25) is 4.79 Å². The molecule has 0 atom stereocenters. The Hall–Kier alpha value is -1.13. The van der Waals surface area contributed by atoms with Crippen LogP contribution in [0.1, 0.15) is 0 Å². The summed E-state index contributed by atoms with van der Waals surface area (Å²) in [6, 6.07) is 0. The molecule has 0 aromatic carbocycles. The number of alkyl halides is 1. The number of hydrogen-bond acceptors (Lipinski definition) is 3. The molecule has 1 amide bonds. The number of carbonyl (C=O) groups is 1. The summed E-state index contributed by atoms with van der Waals surface area (Å²) in [7, 11) is 1.35. The normalized spacial score (nSPS) is 18.5. The highest BCUT2D eigenvalue weighted by molar-refractivity contribution is 6.26. The molecule has 0 aliphatic carbocycles. The van der Waals surface area contributed by atoms with Gasteiger partial charge in [-0.05, 0) is 0 Å². The fourth-order valence-electron chi connectivity index (χ4n) is 0.784. The largest absolute Gasteiger partial charge is 0.399 e. The van der Waals surface area contributed by atoms with E-state index in [0.29, 0.717) is 0 Å². The van der Waals surface area contributed by atoms with Crippen molar-refractivity contribution in [3.05, 3.63) is 0 Å². The van der Waals surface area contributed by atoms with Crippen molar-refractivity contribution in [2.24, 2.45) is 5.16 Å². The number of nitrogens with zero attached hydrogens (tertiary/aromatic N) is 2. The Kier molecular flexibility index (Phi) is 2.40. The molecule has 1 rings (SSSR count). The van der Waals surface area contributed by atoms with Crippen LogP contribution in [0.4, 0.5) is 4.39 Å². The van der Waals surface area contributed by atoms with Crippen LogP contribution < -0.4 is 0 Å². The van der Waals surface area contributed by atoms with Crippen LogP contribution in [0.3, 0.4) is 0 Å². The first-order chi connectivity index (χ1) is 5.24. The first-order valence-electron chi connectivity index (χ1n) is 3.23. The van der Waals surface area contributed by atoms with Crippen LogP contribution in [0.5, 0.6) is 0 Å². The molecule has 0 aromatic heterocycles. The number of rotatable bonds is 2. The van der Waals surface area contributed by atoms with Crippen LogP contribution in [0.2, 0.25) is 0 Å². The van der Waals surface area contributed by atoms with Crippen molar-refractivity contribution in [2.45, 2.75) is 6.17 Å². The summed E-state index contributed by atoms with van der Waals surface area (Å²) in [4.78, 5) is 16.5. The molecular weight excluding hydrogens is 151 g/mol. The molecule has 0 radical (unpaired) electrons. The SMILES string of the molecule is CO/N=C\C(=O)N1CC(F)C1. The van der Waals surface area contributed by atoms with Crippen LogP contribution in [0.25, 0.3) is 0 Å². The van der Waals surface area contributed by atoms with E-state index in [9.17, 15) is 9.18 Å². The van der Waals surface area contributed by atoms with Crippen molar-refractivity contribution in [1.82, 2.24) is 4.90 Å². The second kappa shape index (κ2) is 3.32. The number of likely N-dealkylation sites (tertiary alicyclic amines) is 1. The van der Waals surface area contributed by atoms with Gasteiger partial charge in [-0.25, -0.2) is 4.39 Å². The highest BCUT2D eigenvalue weighted by atomic mass is 19.1.